The quantitative estimate of drug-likeness (QED) is 0.588. The molecular formula is C7H8N2O2. The van der Waals surface area contributed by atoms with Gasteiger partial charge in [0.15, 0.2) is 5.78 Å². The normalized spacial score (nSPS) is 9.64. The van der Waals surface area contributed by atoms with Crippen LogP contribution in [0.15, 0.2) is 11.0 Å². The number of hydrogen-bond donors (Lipinski definition) is 1. The van der Waals surface area contributed by atoms with Gasteiger partial charge in [-0.15, -0.1) is 0 Å². The summed E-state index contributed by atoms with van der Waals surface area (Å²) in [6, 6.07) is 0. The molecule has 0 spiro atoms. The number of nitrogens with one attached hydrogen (secondary N) is 1. The molecule has 0 saturated carbocycles. The van der Waals surface area contributed by atoms with Crippen molar-refractivity contribution in [3.8, 4) is 0 Å². The molecule has 0 unspecified atom stereocenters. The van der Waals surface area contributed by atoms with Gasteiger partial charge >= 0.3 is 0 Å². The van der Waals surface area contributed by atoms with E-state index in [0.717, 1.165) is 0 Å². The molecule has 0 saturated heterocycles. The summed E-state index contributed by atoms with van der Waals surface area (Å²) in [5, 5.41) is 0. The molecule has 0 atom stereocenters. The first-order valence-corrected chi connectivity index (χ1v) is 3.18. The molecule has 0 radical (unpaired) electrons. The monoisotopic (exact) mass is 152 g/mol. The Morgan fingerprint density at radius 2 is 2.27 bits per heavy atom. The van der Waals surface area contributed by atoms with E-state index in [1.807, 2.05) is 0 Å². The van der Waals surface area contributed by atoms with Gasteiger partial charge in [0.25, 0.3) is 5.56 Å². The first kappa shape index (κ1) is 7.65. The van der Waals surface area contributed by atoms with Crippen LogP contribution in [0.4, 0.5) is 0 Å². The Bertz CT molecular complexity index is 341. The van der Waals surface area contributed by atoms with Crippen LogP contribution in [0.25, 0.3) is 0 Å². The zero-order chi connectivity index (χ0) is 8.43. The Morgan fingerprint density at radius 1 is 1.64 bits per heavy atom. The fraction of sp³-hybridized carbons (Fsp3) is 0.286. The molecule has 4 heteroatoms. The minimum absolute atomic E-state index is 0.149. The van der Waals surface area contributed by atoms with Crippen molar-refractivity contribution < 1.29 is 4.79 Å². The molecule has 1 heterocycles. The van der Waals surface area contributed by atoms with Crippen molar-refractivity contribution in [3.63, 3.8) is 0 Å². The maximum absolute atomic E-state index is 10.8. The molecule has 0 aliphatic heterocycles. The van der Waals surface area contributed by atoms with Crippen molar-refractivity contribution in [1.29, 1.82) is 0 Å². The topological polar surface area (TPSA) is 62.8 Å². The van der Waals surface area contributed by atoms with E-state index in [9.17, 15) is 9.59 Å². The number of H-pyrrole nitrogens is 1. The lowest BCUT2D eigenvalue weighted by Gasteiger charge is -1.93. The van der Waals surface area contributed by atoms with Crippen molar-refractivity contribution in [2.45, 2.75) is 13.8 Å². The summed E-state index contributed by atoms with van der Waals surface area (Å²) < 4.78 is 0. The van der Waals surface area contributed by atoms with Crippen LogP contribution in [0.2, 0.25) is 0 Å². The molecule has 0 aliphatic rings. The van der Waals surface area contributed by atoms with Gasteiger partial charge in [-0.25, -0.2) is 4.98 Å². The molecule has 58 valence electrons. The summed E-state index contributed by atoms with van der Waals surface area (Å²) in [5.74, 6) is -0.149. The third-order valence-corrected chi connectivity index (χ3v) is 1.32. The average molecular weight is 152 g/mol. The number of aromatic nitrogens is 2. The molecule has 0 amide bonds. The number of carbonyl (C=O) groups excluding carboxylic acids is 1. The molecule has 4 nitrogen and oxygen atoms in total. The van der Waals surface area contributed by atoms with Crippen LogP contribution in [-0.4, -0.2) is 15.8 Å². The molecule has 1 N–H and O–H groups in total. The molecule has 1 aromatic rings. The first-order valence-electron chi connectivity index (χ1n) is 3.18. The van der Waals surface area contributed by atoms with Gasteiger partial charge in [-0.3, -0.25) is 9.59 Å². The zero-order valence-corrected chi connectivity index (χ0v) is 6.34. The van der Waals surface area contributed by atoms with Crippen LogP contribution in [0.1, 0.15) is 23.1 Å². The number of Topliss-reactive ketones (excluding diaryl/α,β-unsaturated/α-hetero) is 1. The molecule has 0 bridgehead atoms. The van der Waals surface area contributed by atoms with E-state index in [2.05, 4.69) is 9.97 Å². The lowest BCUT2D eigenvalue weighted by molar-refractivity contribution is 0.101. The SMILES string of the molecule is CC(=O)c1c[nH]c(=O)c(C)n1. The highest BCUT2D eigenvalue weighted by atomic mass is 16.1. The van der Waals surface area contributed by atoms with Gasteiger partial charge in [-0.2, -0.15) is 0 Å². The Labute approximate surface area is 63.3 Å². The number of carbonyl (C=O) groups is 1. The third kappa shape index (κ3) is 1.52. The zero-order valence-electron chi connectivity index (χ0n) is 6.34. The average Bonchev–Trinajstić information content (AvgIpc) is 1.94. The standard InChI is InChI=1S/C7H8N2O2/c1-4-7(11)8-3-6(9-4)5(2)10/h3H,1-2H3,(H,8,11). The first-order chi connectivity index (χ1) is 5.11. The van der Waals surface area contributed by atoms with Crippen LogP contribution in [0.3, 0.4) is 0 Å². The van der Waals surface area contributed by atoms with E-state index >= 15 is 0 Å². The molecule has 1 aromatic heterocycles. The largest absolute Gasteiger partial charge is 0.325 e. The van der Waals surface area contributed by atoms with E-state index in [1.165, 1.54) is 13.1 Å². The van der Waals surface area contributed by atoms with Crippen molar-refractivity contribution >= 4 is 5.78 Å². The van der Waals surface area contributed by atoms with Crippen LogP contribution in [-0.2, 0) is 0 Å². The Hall–Kier alpha value is -1.45. The van der Waals surface area contributed by atoms with Crippen molar-refractivity contribution in [2.75, 3.05) is 0 Å². The number of hydrogen-bond acceptors (Lipinski definition) is 3. The van der Waals surface area contributed by atoms with E-state index in [0.29, 0.717) is 11.4 Å². The van der Waals surface area contributed by atoms with Gasteiger partial charge < -0.3 is 4.98 Å². The number of rotatable bonds is 1. The third-order valence-electron chi connectivity index (χ3n) is 1.32. The predicted molar refractivity (Wildman–Crippen MR) is 39.6 cm³/mol. The summed E-state index contributed by atoms with van der Waals surface area (Å²) in [6.07, 6.45) is 1.32. The van der Waals surface area contributed by atoms with E-state index in [1.54, 1.807) is 6.92 Å². The number of aromatic amines is 1. The van der Waals surface area contributed by atoms with Gasteiger partial charge in [0.1, 0.15) is 11.4 Å². The Balaban J connectivity index is 3.26. The summed E-state index contributed by atoms with van der Waals surface area (Å²) in [5.41, 5.74) is 0.356. The number of ketones is 1. The molecule has 0 aromatic carbocycles. The highest BCUT2D eigenvalue weighted by Crippen LogP contribution is 1.90. The Morgan fingerprint density at radius 3 is 2.73 bits per heavy atom. The second-order valence-corrected chi connectivity index (χ2v) is 2.26. The van der Waals surface area contributed by atoms with Crippen LogP contribution in [0.5, 0.6) is 0 Å². The van der Waals surface area contributed by atoms with Crippen molar-refractivity contribution in [1.82, 2.24) is 9.97 Å². The van der Waals surface area contributed by atoms with Gasteiger partial charge in [-0.05, 0) is 6.92 Å². The van der Waals surface area contributed by atoms with Crippen molar-refractivity contribution in [3.05, 3.63) is 27.9 Å². The minimum atomic E-state index is -0.255. The van der Waals surface area contributed by atoms with Gasteiger partial charge in [0.2, 0.25) is 0 Å². The lowest BCUT2D eigenvalue weighted by atomic mass is 10.3. The molecule has 1 rings (SSSR count). The van der Waals surface area contributed by atoms with Crippen LogP contribution < -0.4 is 5.56 Å². The van der Waals surface area contributed by atoms with Crippen LogP contribution >= 0.6 is 0 Å². The summed E-state index contributed by atoms with van der Waals surface area (Å²) in [4.78, 5) is 27.7. The molecule has 0 fully saturated rings. The smallest absolute Gasteiger partial charge is 0.269 e. The predicted octanol–water partition coefficient (Wildman–Crippen LogP) is 0.281. The maximum atomic E-state index is 10.8. The Kier molecular flexibility index (Phi) is 1.85. The van der Waals surface area contributed by atoms with E-state index < -0.39 is 0 Å². The summed E-state index contributed by atoms with van der Waals surface area (Å²) >= 11 is 0. The minimum Gasteiger partial charge on any atom is -0.325 e. The summed E-state index contributed by atoms with van der Waals surface area (Å²) in [7, 11) is 0. The number of nitrogens with zero attached hydrogens (tertiary/aromatic N) is 1. The van der Waals surface area contributed by atoms with Gasteiger partial charge in [0, 0.05) is 13.1 Å². The fourth-order valence-electron chi connectivity index (χ4n) is 0.682. The highest BCUT2D eigenvalue weighted by Gasteiger charge is 2.01. The molecular weight excluding hydrogens is 144 g/mol. The number of aryl methyl sites for hydroxylation is 1. The van der Waals surface area contributed by atoms with Gasteiger partial charge in [0.05, 0.1) is 0 Å². The van der Waals surface area contributed by atoms with Crippen LogP contribution in [0, 0.1) is 6.92 Å². The second-order valence-electron chi connectivity index (χ2n) is 2.26. The van der Waals surface area contributed by atoms with Gasteiger partial charge in [-0.1, -0.05) is 0 Å². The maximum Gasteiger partial charge on any atom is 0.269 e. The van der Waals surface area contributed by atoms with E-state index in [-0.39, 0.29) is 11.3 Å². The van der Waals surface area contributed by atoms with Crippen molar-refractivity contribution in [2.24, 2.45) is 0 Å². The lowest BCUT2D eigenvalue weighted by Crippen LogP contribution is -2.14. The van der Waals surface area contributed by atoms with E-state index in [4.69, 9.17) is 0 Å². The molecule has 11 heavy (non-hydrogen) atoms. The second kappa shape index (κ2) is 2.65. The highest BCUT2D eigenvalue weighted by molar-refractivity contribution is 5.91. The molecule has 0 aliphatic carbocycles. The summed E-state index contributed by atoms with van der Waals surface area (Å²) in [6.45, 7) is 2.96. The fourth-order valence-corrected chi connectivity index (χ4v) is 0.682.